The van der Waals surface area contributed by atoms with Crippen LogP contribution in [0.3, 0.4) is 0 Å². The Bertz CT molecular complexity index is 1230. The van der Waals surface area contributed by atoms with E-state index in [4.69, 9.17) is 33.2 Å². The molecule has 1 N–H and O–H groups in total. The summed E-state index contributed by atoms with van der Waals surface area (Å²) < 4.78 is 43.1. The quantitative estimate of drug-likeness (QED) is 0.333. The van der Waals surface area contributed by atoms with Crippen LogP contribution >= 0.6 is 0 Å². The van der Waals surface area contributed by atoms with Gasteiger partial charge in [0.1, 0.15) is 25.1 Å². The van der Waals surface area contributed by atoms with Gasteiger partial charge >= 0.3 is 18.0 Å². The molecule has 48 heavy (non-hydrogen) atoms. The van der Waals surface area contributed by atoms with Crippen molar-refractivity contribution < 1.29 is 57.1 Å². The average Bonchev–Trinajstić information content (AvgIpc) is 3.35. The molecule has 4 saturated heterocycles. The number of fused-ring (bicyclic) bond motifs is 4. The van der Waals surface area contributed by atoms with Crippen molar-refractivity contribution >= 4 is 29.6 Å². The summed E-state index contributed by atoms with van der Waals surface area (Å²) in [5.74, 6) is -3.92. The summed E-state index contributed by atoms with van der Waals surface area (Å²) in [5.41, 5.74) is -2.61. The topological polar surface area (TPSA) is 165 Å². The van der Waals surface area contributed by atoms with Crippen LogP contribution in [0.1, 0.15) is 81.1 Å². The normalized spacial score (nSPS) is 43.2. The number of likely N-dealkylation sites (N-methyl/N-ethyl adjacent to an activating group) is 1. The van der Waals surface area contributed by atoms with Crippen LogP contribution < -0.4 is 5.32 Å². The number of ketones is 2. The maximum Gasteiger partial charge on any atom is 0.408 e. The van der Waals surface area contributed by atoms with Crippen LogP contribution in [0.5, 0.6) is 0 Å². The highest BCUT2D eigenvalue weighted by Gasteiger charge is 2.57. The van der Waals surface area contributed by atoms with E-state index in [0.29, 0.717) is 12.8 Å². The van der Waals surface area contributed by atoms with E-state index >= 15 is 0 Å². The first-order chi connectivity index (χ1) is 22.4. The summed E-state index contributed by atoms with van der Waals surface area (Å²) in [6, 6.07) is -1.03. The van der Waals surface area contributed by atoms with Crippen molar-refractivity contribution in [3.8, 4) is 0 Å². The molecule has 13 atom stereocenters. The lowest BCUT2D eigenvalue weighted by molar-refractivity contribution is -0.296. The summed E-state index contributed by atoms with van der Waals surface area (Å²) >= 11 is 0. The molecule has 4 fully saturated rings. The monoisotopic (exact) mass is 682 g/mol. The van der Waals surface area contributed by atoms with Gasteiger partial charge in [0, 0.05) is 25.2 Å². The molecule has 0 aromatic heterocycles. The highest BCUT2D eigenvalue weighted by molar-refractivity contribution is 5.85. The molecule has 4 heterocycles. The van der Waals surface area contributed by atoms with Gasteiger partial charge in [0.15, 0.2) is 23.8 Å². The highest BCUT2D eigenvalue weighted by Crippen LogP contribution is 2.40. The van der Waals surface area contributed by atoms with Crippen molar-refractivity contribution in [3.63, 3.8) is 0 Å². The minimum absolute atomic E-state index is 0.0530. The lowest BCUT2D eigenvalue weighted by Crippen LogP contribution is -2.59. The van der Waals surface area contributed by atoms with Crippen LogP contribution in [0.2, 0.25) is 0 Å². The zero-order chi connectivity index (χ0) is 35.7. The summed E-state index contributed by atoms with van der Waals surface area (Å²) in [6.07, 6.45) is -4.43. The number of carbonyl (C=O) groups excluding carboxylic acids is 5. The Balaban J connectivity index is 1.81. The number of nitrogens with one attached hydrogen (secondary N) is 1. The molecule has 4 aliphatic heterocycles. The van der Waals surface area contributed by atoms with E-state index in [9.17, 15) is 24.0 Å². The summed E-state index contributed by atoms with van der Waals surface area (Å²) in [4.78, 5) is 67.9. The lowest BCUT2D eigenvalue weighted by atomic mass is 9.75. The molecule has 0 spiro atoms. The Kier molecular flexibility index (Phi) is 12.0. The fourth-order valence-electron chi connectivity index (χ4n) is 7.74. The van der Waals surface area contributed by atoms with Crippen molar-refractivity contribution in [1.29, 1.82) is 0 Å². The van der Waals surface area contributed by atoms with Crippen LogP contribution in [-0.2, 0) is 52.3 Å². The Hall–Kier alpha value is -2.65. The zero-order valence-electron chi connectivity index (χ0n) is 29.9. The van der Waals surface area contributed by atoms with Gasteiger partial charge in [0.05, 0.1) is 41.9 Å². The van der Waals surface area contributed by atoms with E-state index in [2.05, 4.69) is 5.32 Å². The number of rotatable bonds is 5. The Morgan fingerprint density at radius 1 is 1.02 bits per heavy atom. The van der Waals surface area contributed by atoms with Crippen molar-refractivity contribution in [3.05, 3.63) is 0 Å². The standard InChI is InChI=1S/C34H54N2O12/c1-11-25-34(8)29(35-32(41)48-34)20(5)27(39)17(2)14-33(7)26(13-24(19(4)30(40)46-25)42-15-22(38)16-43-33)47-31-28(45-21(6)37)23(36(9)10)12-18(3)44-31/h17-20,23-26,28-29,31H,11-16H2,1-10H3,(H,35,41)/t17-,18-,19-,20+,23+,24-,25-,26-,28-,29?,31?,33+,34?/m1/s1. The third-order valence-electron chi connectivity index (χ3n) is 10.5. The van der Waals surface area contributed by atoms with Gasteiger partial charge in [-0.1, -0.05) is 20.8 Å². The largest absolute Gasteiger partial charge is 0.458 e. The van der Waals surface area contributed by atoms with E-state index < -0.39 is 83.7 Å². The Labute approximate surface area is 283 Å². The molecule has 272 valence electrons. The van der Waals surface area contributed by atoms with E-state index in [-0.39, 0.29) is 49.8 Å². The minimum atomic E-state index is -1.32. The zero-order valence-corrected chi connectivity index (χ0v) is 29.9. The van der Waals surface area contributed by atoms with Gasteiger partial charge in [-0.05, 0) is 61.1 Å². The molecule has 0 radical (unpaired) electrons. The molecule has 0 aliphatic carbocycles. The van der Waals surface area contributed by atoms with Crippen LogP contribution in [0.25, 0.3) is 0 Å². The van der Waals surface area contributed by atoms with Crippen LogP contribution in [0.15, 0.2) is 0 Å². The van der Waals surface area contributed by atoms with Crippen molar-refractivity contribution in [1.82, 2.24) is 10.2 Å². The van der Waals surface area contributed by atoms with Gasteiger partial charge in [-0.15, -0.1) is 0 Å². The molecule has 0 aromatic carbocycles. The molecule has 1 amide bonds. The van der Waals surface area contributed by atoms with Crippen molar-refractivity contribution in [2.45, 2.75) is 141 Å². The SMILES string of the molecule is CC[C@H]1OC(=O)[C@H](C)[C@H]2C[C@@H](OC3O[C@H](C)C[C@H](N(C)C)[C@H]3OC(C)=O)[C@](C)(C[C@@H](C)C(=O)[C@H](C)C3NC(=O)OC31C)OCC(=O)CO2. The van der Waals surface area contributed by atoms with E-state index in [0.717, 1.165) is 0 Å². The van der Waals surface area contributed by atoms with Crippen LogP contribution in [-0.4, -0.2) is 122 Å². The van der Waals surface area contributed by atoms with E-state index in [1.54, 1.807) is 34.6 Å². The molecular formula is C34H54N2O12. The Morgan fingerprint density at radius 2 is 1.71 bits per heavy atom. The van der Waals surface area contributed by atoms with E-state index in [1.165, 1.54) is 6.92 Å². The second-order valence-electron chi connectivity index (χ2n) is 14.6. The maximum absolute atomic E-state index is 14.2. The van der Waals surface area contributed by atoms with E-state index in [1.807, 2.05) is 32.8 Å². The molecule has 0 saturated carbocycles. The smallest absolute Gasteiger partial charge is 0.408 e. The average molecular weight is 683 g/mol. The second-order valence-corrected chi connectivity index (χ2v) is 14.6. The predicted molar refractivity (Wildman–Crippen MR) is 170 cm³/mol. The fourth-order valence-corrected chi connectivity index (χ4v) is 7.74. The lowest BCUT2D eigenvalue weighted by Gasteiger charge is -2.47. The number of esters is 2. The fraction of sp³-hybridized carbons (Fsp3) is 0.853. The minimum Gasteiger partial charge on any atom is -0.458 e. The molecule has 3 unspecified atom stereocenters. The van der Waals surface area contributed by atoms with Crippen LogP contribution in [0.4, 0.5) is 4.79 Å². The van der Waals surface area contributed by atoms with Gasteiger partial charge in [-0.2, -0.15) is 0 Å². The van der Waals surface area contributed by atoms with Gasteiger partial charge < -0.3 is 43.4 Å². The molecule has 4 rings (SSSR count). The second kappa shape index (κ2) is 15.1. The molecule has 2 bridgehead atoms. The first-order valence-electron chi connectivity index (χ1n) is 17.1. The van der Waals surface area contributed by atoms with Gasteiger partial charge in [-0.3, -0.25) is 19.2 Å². The molecular weight excluding hydrogens is 628 g/mol. The van der Waals surface area contributed by atoms with Crippen molar-refractivity contribution in [2.75, 3.05) is 27.3 Å². The first-order valence-corrected chi connectivity index (χ1v) is 17.1. The van der Waals surface area contributed by atoms with Gasteiger partial charge in [-0.25, -0.2) is 4.79 Å². The number of Topliss-reactive ketones (excluding diaryl/α,β-unsaturated/α-hetero) is 2. The third kappa shape index (κ3) is 8.04. The molecule has 0 aromatic rings. The number of carbonyl (C=O) groups is 5. The molecule has 14 nitrogen and oxygen atoms in total. The number of amides is 1. The number of hydrogen-bond acceptors (Lipinski definition) is 13. The number of nitrogens with zero attached hydrogens (tertiary/aromatic N) is 1. The maximum atomic E-state index is 14.2. The number of hydrogen-bond donors (Lipinski definition) is 1. The summed E-state index contributed by atoms with van der Waals surface area (Å²) in [6.45, 7) is 13.0. The number of alkyl carbamates (subject to hydrolysis) is 1. The first kappa shape index (κ1) is 38.2. The molecule has 14 heteroatoms. The number of cyclic esters (lactones) is 1. The summed E-state index contributed by atoms with van der Waals surface area (Å²) in [7, 11) is 3.77. The molecule has 4 aliphatic rings. The number of ether oxygens (including phenoxy) is 7. The Morgan fingerprint density at radius 3 is 2.33 bits per heavy atom. The van der Waals surface area contributed by atoms with Crippen LogP contribution in [0, 0.1) is 17.8 Å². The van der Waals surface area contributed by atoms with Crippen molar-refractivity contribution in [2.24, 2.45) is 17.8 Å². The predicted octanol–water partition coefficient (Wildman–Crippen LogP) is 2.57. The van der Waals surface area contributed by atoms with Gasteiger partial charge in [0.2, 0.25) is 0 Å². The summed E-state index contributed by atoms with van der Waals surface area (Å²) in [5, 5.41) is 2.79. The van der Waals surface area contributed by atoms with Gasteiger partial charge in [0.25, 0.3) is 0 Å². The highest BCUT2D eigenvalue weighted by atomic mass is 16.7. The third-order valence-corrected chi connectivity index (χ3v) is 10.5.